The number of carbonyl (C=O) groups excluding carboxylic acids is 2. The lowest BCUT2D eigenvalue weighted by molar-refractivity contribution is -0.870. The van der Waals surface area contributed by atoms with Crippen molar-refractivity contribution in [3.8, 4) is 0 Å². The van der Waals surface area contributed by atoms with Crippen molar-refractivity contribution in [3.05, 3.63) is 122 Å². The molecule has 9 nitrogen and oxygen atoms in total. The average molecular weight is 1190 g/mol. The van der Waals surface area contributed by atoms with Gasteiger partial charge in [-0.1, -0.05) is 289 Å². The van der Waals surface area contributed by atoms with Gasteiger partial charge in [-0.15, -0.1) is 0 Å². The van der Waals surface area contributed by atoms with E-state index in [1.165, 1.54) is 122 Å². The molecule has 0 rings (SSSR count). The van der Waals surface area contributed by atoms with Crippen LogP contribution in [0.15, 0.2) is 122 Å². The van der Waals surface area contributed by atoms with Crippen molar-refractivity contribution in [2.75, 3.05) is 47.5 Å². The predicted octanol–water partition coefficient (Wildman–Crippen LogP) is 21.6. The molecule has 0 aromatic carbocycles. The number of quaternary nitrogens is 1. The molecule has 10 heteroatoms. The highest BCUT2D eigenvalue weighted by Crippen LogP contribution is 2.38. The molecule has 0 radical (unpaired) electrons. The Labute approximate surface area is 518 Å². The van der Waals surface area contributed by atoms with Crippen LogP contribution in [-0.2, 0) is 32.7 Å². The number of esters is 2. The Bertz CT molecular complexity index is 1830. The third-order valence-corrected chi connectivity index (χ3v) is 15.4. The summed E-state index contributed by atoms with van der Waals surface area (Å²) < 4.78 is 34.2. The zero-order valence-corrected chi connectivity index (χ0v) is 55.7. The number of likely N-dealkylation sites (N-methyl/N-ethyl adjacent to an activating group) is 1. The maximum absolute atomic E-state index is 12.8. The molecule has 0 amide bonds. The highest BCUT2D eigenvalue weighted by Gasteiger charge is 2.22. The van der Waals surface area contributed by atoms with E-state index in [1.54, 1.807) is 0 Å². The topological polar surface area (TPSA) is 111 Å². The smallest absolute Gasteiger partial charge is 0.306 e. The monoisotopic (exact) mass is 1190 g/mol. The van der Waals surface area contributed by atoms with Crippen LogP contribution >= 0.6 is 7.82 Å². The van der Waals surface area contributed by atoms with Crippen LogP contribution in [0.3, 0.4) is 0 Å². The summed E-state index contributed by atoms with van der Waals surface area (Å²) in [7, 11) is 1.15. The first kappa shape index (κ1) is 80.4. The van der Waals surface area contributed by atoms with E-state index in [0.29, 0.717) is 23.9 Å². The molecule has 0 aliphatic carbocycles. The molecule has 0 aromatic heterocycles. The molecule has 0 aromatic rings. The number of unbranched alkanes of at least 4 members (excludes halogenated alkanes) is 28. The number of nitrogens with zero attached hydrogens (tertiary/aromatic N) is 1. The van der Waals surface area contributed by atoms with Crippen LogP contribution in [0.25, 0.3) is 0 Å². The zero-order valence-electron chi connectivity index (χ0n) is 54.8. The van der Waals surface area contributed by atoms with Gasteiger partial charge in [0.15, 0.2) is 6.10 Å². The van der Waals surface area contributed by atoms with Crippen LogP contribution in [0.5, 0.6) is 0 Å². The summed E-state index contributed by atoms with van der Waals surface area (Å²) in [5.41, 5.74) is 0. The highest BCUT2D eigenvalue weighted by atomic mass is 31.2. The van der Waals surface area contributed by atoms with E-state index >= 15 is 0 Å². The van der Waals surface area contributed by atoms with Gasteiger partial charge in [0.2, 0.25) is 0 Å². The molecule has 2 atom stereocenters. The SMILES string of the molecule is CC/C=C\C/C=C\C/C=C\C/C=C\C/C=C\C/C=C\CCCCCCCCCCCCCCCCCCCCCCCCC(=O)OC(COC(=O)CCCCCCCC/C=C\C/C=C\C/C=C\C/C=C\CC)COP(=O)([O-])OCC[N+](C)(C)C. The minimum atomic E-state index is -4.65. The second-order valence-corrected chi connectivity index (χ2v) is 25.2. The average Bonchev–Trinajstić information content (AvgIpc) is 3.61. The fraction of sp³-hybridized carbons (Fsp3) is 0.703. The normalized spacial score (nSPS) is 13.9. The van der Waals surface area contributed by atoms with Gasteiger partial charge in [-0.25, -0.2) is 0 Å². The summed E-state index contributed by atoms with van der Waals surface area (Å²) in [5.74, 6) is -0.846. The second kappa shape index (κ2) is 63.9. The Morgan fingerprint density at radius 3 is 0.952 bits per heavy atom. The van der Waals surface area contributed by atoms with Gasteiger partial charge in [-0.2, -0.15) is 0 Å². The van der Waals surface area contributed by atoms with E-state index in [-0.39, 0.29) is 26.1 Å². The summed E-state index contributed by atoms with van der Waals surface area (Å²) in [6.45, 7) is 4.01. The van der Waals surface area contributed by atoms with Gasteiger partial charge in [-0.05, 0) is 103 Å². The van der Waals surface area contributed by atoms with E-state index in [4.69, 9.17) is 18.5 Å². The lowest BCUT2D eigenvalue weighted by Crippen LogP contribution is -2.37. The first-order chi connectivity index (χ1) is 41.0. The fourth-order valence-electron chi connectivity index (χ4n) is 9.30. The van der Waals surface area contributed by atoms with Gasteiger partial charge in [0, 0.05) is 12.8 Å². The number of carbonyl (C=O) groups is 2. The van der Waals surface area contributed by atoms with Gasteiger partial charge >= 0.3 is 11.9 Å². The largest absolute Gasteiger partial charge is 0.756 e. The van der Waals surface area contributed by atoms with Gasteiger partial charge < -0.3 is 27.9 Å². The van der Waals surface area contributed by atoms with Gasteiger partial charge in [-0.3, -0.25) is 14.2 Å². The summed E-state index contributed by atoms with van der Waals surface area (Å²) in [6.07, 6.45) is 91.4. The zero-order chi connectivity index (χ0) is 61.2. The molecule has 482 valence electrons. The number of ether oxygens (including phenoxy) is 2. The minimum Gasteiger partial charge on any atom is -0.756 e. The molecule has 0 N–H and O–H groups in total. The summed E-state index contributed by atoms with van der Waals surface area (Å²) in [6, 6.07) is 0. The predicted molar refractivity (Wildman–Crippen MR) is 360 cm³/mol. The van der Waals surface area contributed by atoms with E-state index in [2.05, 4.69) is 135 Å². The van der Waals surface area contributed by atoms with Crippen LogP contribution in [0.2, 0.25) is 0 Å². The maximum Gasteiger partial charge on any atom is 0.306 e. The molecule has 0 heterocycles. The van der Waals surface area contributed by atoms with Gasteiger partial charge in [0.05, 0.1) is 27.7 Å². The van der Waals surface area contributed by atoms with Crippen molar-refractivity contribution < 1.29 is 42.1 Å². The molecule has 0 fully saturated rings. The van der Waals surface area contributed by atoms with Crippen molar-refractivity contribution >= 4 is 19.8 Å². The van der Waals surface area contributed by atoms with E-state index in [1.807, 2.05) is 21.1 Å². The molecular formula is C74H128NO8P. The van der Waals surface area contributed by atoms with Crippen LogP contribution in [-0.4, -0.2) is 70.0 Å². The standard InChI is InChI=1S/C74H128NO8P/c1-6-8-10-12-14-16-18-20-22-24-26-27-28-29-30-31-32-33-34-35-36-37-38-39-40-41-42-43-44-45-46-47-49-51-53-55-57-59-61-63-65-67-74(77)83-72(71-82-84(78,79)81-69-68-75(3,4)5)70-80-73(76)66-64-62-60-58-56-54-52-50-48-25-23-21-19-17-15-13-11-9-7-2/h8-11,14-17,20-23,26-27,29-30,32-33,48,50,72H,6-7,12-13,18-19,24-25,28,31,34-47,49,51-71H2,1-5H3/b10-8-,11-9-,16-14-,17-15-,22-20-,23-21-,27-26-,30-29-,33-32-,50-48-. The van der Waals surface area contributed by atoms with E-state index in [9.17, 15) is 19.0 Å². The van der Waals surface area contributed by atoms with Crippen molar-refractivity contribution in [2.45, 2.75) is 290 Å². The third kappa shape index (κ3) is 67.5. The lowest BCUT2D eigenvalue weighted by atomic mass is 10.0. The van der Waals surface area contributed by atoms with E-state index in [0.717, 1.165) is 122 Å². The molecule has 0 spiro atoms. The number of allylic oxidation sites excluding steroid dienone is 20. The quantitative estimate of drug-likeness (QED) is 0.0195. The fourth-order valence-corrected chi connectivity index (χ4v) is 10.0. The number of rotatable bonds is 62. The Kier molecular flexibility index (Phi) is 61.2. The number of hydrogen-bond acceptors (Lipinski definition) is 8. The summed E-state index contributed by atoms with van der Waals surface area (Å²) >= 11 is 0. The van der Waals surface area contributed by atoms with Crippen LogP contribution in [0, 0.1) is 0 Å². The minimum absolute atomic E-state index is 0.0367. The Morgan fingerprint density at radius 2 is 0.643 bits per heavy atom. The molecule has 0 aliphatic heterocycles. The summed E-state index contributed by atoms with van der Waals surface area (Å²) in [5, 5.41) is 0. The van der Waals surface area contributed by atoms with Crippen molar-refractivity contribution in [1.29, 1.82) is 0 Å². The molecule has 0 saturated carbocycles. The number of phosphoric acid groups is 1. The van der Waals surface area contributed by atoms with Crippen LogP contribution < -0.4 is 4.89 Å². The summed E-state index contributed by atoms with van der Waals surface area (Å²) in [4.78, 5) is 38.0. The Morgan fingerprint density at radius 1 is 0.369 bits per heavy atom. The maximum atomic E-state index is 12.8. The molecular weight excluding hydrogens is 1060 g/mol. The molecule has 0 aliphatic rings. The molecule has 0 saturated heterocycles. The Hall–Kier alpha value is -3.59. The molecule has 2 unspecified atom stereocenters. The van der Waals surface area contributed by atoms with Crippen LogP contribution in [0.1, 0.15) is 284 Å². The third-order valence-electron chi connectivity index (χ3n) is 14.5. The van der Waals surface area contributed by atoms with Crippen molar-refractivity contribution in [1.82, 2.24) is 0 Å². The second-order valence-electron chi connectivity index (χ2n) is 23.8. The van der Waals surface area contributed by atoms with E-state index < -0.39 is 32.5 Å². The van der Waals surface area contributed by atoms with Gasteiger partial charge in [0.1, 0.15) is 19.8 Å². The lowest BCUT2D eigenvalue weighted by Gasteiger charge is -2.28. The molecule has 84 heavy (non-hydrogen) atoms. The number of phosphoric ester groups is 1. The van der Waals surface area contributed by atoms with Crippen molar-refractivity contribution in [3.63, 3.8) is 0 Å². The first-order valence-electron chi connectivity index (χ1n) is 34.2. The number of hydrogen-bond donors (Lipinski definition) is 0. The van der Waals surface area contributed by atoms with Crippen LogP contribution in [0.4, 0.5) is 0 Å². The van der Waals surface area contributed by atoms with Crippen molar-refractivity contribution in [2.24, 2.45) is 0 Å². The Balaban J connectivity index is 3.97. The first-order valence-corrected chi connectivity index (χ1v) is 35.7. The van der Waals surface area contributed by atoms with Gasteiger partial charge in [0.25, 0.3) is 7.82 Å². The molecule has 0 bridgehead atoms. The highest BCUT2D eigenvalue weighted by molar-refractivity contribution is 7.45.